The van der Waals surface area contributed by atoms with Crippen molar-refractivity contribution in [1.82, 2.24) is 0 Å². The van der Waals surface area contributed by atoms with Gasteiger partial charge < -0.3 is 4.74 Å². The maximum atomic E-state index is 10.8. The van der Waals surface area contributed by atoms with E-state index in [4.69, 9.17) is 16.3 Å². The molecule has 2 nitrogen and oxygen atoms in total. The first kappa shape index (κ1) is 10.2. The molecule has 0 heterocycles. The zero-order valence-corrected chi connectivity index (χ0v) is 8.11. The smallest absolute Gasteiger partial charge is 0.319 e. The molecule has 0 rings (SSSR count). The van der Waals surface area contributed by atoms with Crippen LogP contribution in [0.2, 0.25) is 0 Å². The van der Waals surface area contributed by atoms with E-state index >= 15 is 0 Å². The number of rotatable bonds is 4. The summed E-state index contributed by atoms with van der Waals surface area (Å²) in [6.45, 7) is 2.20. The number of hydrogen-bond donors (Lipinski definition) is 0. The molecule has 0 fully saturated rings. The Morgan fingerprint density at radius 3 is 2.80 bits per heavy atom. The molecule has 0 N–H and O–H groups in total. The second-order valence-corrected chi connectivity index (χ2v) is 3.22. The van der Waals surface area contributed by atoms with Gasteiger partial charge in [0.2, 0.25) is 0 Å². The molecule has 0 saturated carbocycles. The minimum absolute atomic E-state index is 0.185. The quantitative estimate of drug-likeness (QED) is 0.544. The Labute approximate surface area is 74.0 Å². The van der Waals surface area contributed by atoms with E-state index in [0.29, 0.717) is 12.5 Å². The molecule has 0 aromatic heterocycles. The summed E-state index contributed by atoms with van der Waals surface area (Å²) in [4.78, 5) is 10.6. The Hall–Kier alpha value is 0.240. The van der Waals surface area contributed by atoms with Gasteiger partial charge in [-0.15, -0.1) is 11.6 Å². The van der Waals surface area contributed by atoms with Crippen LogP contribution in [-0.2, 0) is 9.53 Å². The molecule has 0 saturated heterocycles. The maximum Gasteiger partial charge on any atom is 0.319 e. The third kappa shape index (κ3) is 4.12. The van der Waals surface area contributed by atoms with Crippen molar-refractivity contribution in [2.45, 2.75) is 18.2 Å². The number of carbonyl (C=O) groups is 1. The normalized spacial score (nSPS) is 12.7. The van der Waals surface area contributed by atoms with Gasteiger partial charge in [-0.05, 0) is 6.42 Å². The molecule has 0 aliphatic heterocycles. The van der Waals surface area contributed by atoms with Crippen LogP contribution in [0, 0.1) is 0 Å². The number of carbonyl (C=O) groups excluding carboxylic acids is 1. The summed E-state index contributed by atoms with van der Waals surface area (Å²) in [6, 6.07) is 0. The fourth-order valence-electron chi connectivity index (χ4n) is 0.396. The molecule has 0 spiro atoms. The third-order valence-corrected chi connectivity index (χ3v) is 2.11. The van der Waals surface area contributed by atoms with Crippen molar-refractivity contribution >= 4 is 33.5 Å². The number of halogens is 2. The summed E-state index contributed by atoms with van der Waals surface area (Å²) in [6.07, 6.45) is 0.737. The van der Waals surface area contributed by atoms with Gasteiger partial charge >= 0.3 is 5.97 Å². The van der Waals surface area contributed by atoms with E-state index in [1.807, 2.05) is 6.92 Å². The van der Waals surface area contributed by atoms with Gasteiger partial charge in [0.05, 0.1) is 5.88 Å². The zero-order valence-electron chi connectivity index (χ0n) is 5.77. The Balaban J connectivity index is 3.42. The lowest BCUT2D eigenvalue weighted by atomic mass is 10.3. The zero-order chi connectivity index (χ0) is 7.98. The first-order valence-corrected chi connectivity index (χ1v) is 4.54. The molecule has 4 heteroatoms. The summed E-state index contributed by atoms with van der Waals surface area (Å²) in [5.41, 5.74) is 0. The standard InChI is InChI=1S/C6H10BrClO2/c1-2-5(7)6(9)10-4-3-8/h5H,2-4H2,1H3/t5-/m1/s1. The molecule has 0 aliphatic carbocycles. The number of alkyl halides is 2. The van der Waals surface area contributed by atoms with Crippen molar-refractivity contribution < 1.29 is 9.53 Å². The highest BCUT2D eigenvalue weighted by atomic mass is 79.9. The maximum absolute atomic E-state index is 10.8. The summed E-state index contributed by atoms with van der Waals surface area (Å²) in [5, 5.41) is 0. The number of ether oxygens (including phenoxy) is 1. The van der Waals surface area contributed by atoms with E-state index in [2.05, 4.69) is 15.9 Å². The summed E-state index contributed by atoms with van der Waals surface area (Å²) in [5.74, 6) is 0.123. The molecular weight excluding hydrogens is 219 g/mol. The predicted octanol–water partition coefficient (Wildman–Crippen LogP) is 1.94. The second-order valence-electron chi connectivity index (χ2n) is 1.73. The van der Waals surface area contributed by atoms with Crippen molar-refractivity contribution in [2.75, 3.05) is 12.5 Å². The van der Waals surface area contributed by atoms with Gasteiger partial charge in [-0.1, -0.05) is 22.9 Å². The van der Waals surface area contributed by atoms with Crippen LogP contribution in [-0.4, -0.2) is 23.3 Å². The van der Waals surface area contributed by atoms with Crippen LogP contribution in [0.15, 0.2) is 0 Å². The van der Waals surface area contributed by atoms with Crippen molar-refractivity contribution in [3.05, 3.63) is 0 Å². The second kappa shape index (κ2) is 5.98. The van der Waals surface area contributed by atoms with Crippen LogP contribution in [0.25, 0.3) is 0 Å². The average Bonchev–Trinajstić information content (AvgIpc) is 1.98. The van der Waals surface area contributed by atoms with Crippen molar-refractivity contribution in [1.29, 1.82) is 0 Å². The molecule has 0 radical (unpaired) electrons. The van der Waals surface area contributed by atoms with E-state index in [9.17, 15) is 4.79 Å². The van der Waals surface area contributed by atoms with Gasteiger partial charge in [-0.3, -0.25) is 4.79 Å². The fraction of sp³-hybridized carbons (Fsp3) is 0.833. The van der Waals surface area contributed by atoms with Crippen molar-refractivity contribution in [2.24, 2.45) is 0 Å². The van der Waals surface area contributed by atoms with E-state index < -0.39 is 0 Å². The van der Waals surface area contributed by atoms with Gasteiger partial charge in [0, 0.05) is 0 Å². The molecule has 60 valence electrons. The first-order valence-electron chi connectivity index (χ1n) is 3.09. The molecule has 0 bridgehead atoms. The fourth-order valence-corrected chi connectivity index (χ4v) is 0.606. The lowest BCUT2D eigenvalue weighted by Crippen LogP contribution is -2.17. The topological polar surface area (TPSA) is 26.3 Å². The molecule has 0 aliphatic rings. The Morgan fingerprint density at radius 2 is 2.40 bits per heavy atom. The van der Waals surface area contributed by atoms with Crippen LogP contribution in [0.3, 0.4) is 0 Å². The van der Waals surface area contributed by atoms with Gasteiger partial charge in [-0.25, -0.2) is 0 Å². The molecular formula is C6H10BrClO2. The first-order chi connectivity index (χ1) is 4.72. The van der Waals surface area contributed by atoms with E-state index in [1.165, 1.54) is 0 Å². The predicted molar refractivity (Wildman–Crippen MR) is 44.7 cm³/mol. The van der Waals surface area contributed by atoms with Crippen LogP contribution < -0.4 is 0 Å². The van der Waals surface area contributed by atoms with Gasteiger partial charge in [-0.2, -0.15) is 0 Å². The Bertz CT molecular complexity index is 108. The highest BCUT2D eigenvalue weighted by molar-refractivity contribution is 9.10. The average molecular weight is 230 g/mol. The molecule has 1 atom stereocenters. The Kier molecular flexibility index (Phi) is 6.13. The Morgan fingerprint density at radius 1 is 1.80 bits per heavy atom. The lowest BCUT2D eigenvalue weighted by molar-refractivity contribution is -0.142. The minimum Gasteiger partial charge on any atom is -0.464 e. The van der Waals surface area contributed by atoms with Gasteiger partial charge in [0.25, 0.3) is 0 Å². The molecule has 0 unspecified atom stereocenters. The molecule has 10 heavy (non-hydrogen) atoms. The summed E-state index contributed by atoms with van der Waals surface area (Å²) < 4.78 is 4.73. The highest BCUT2D eigenvalue weighted by Crippen LogP contribution is 2.05. The lowest BCUT2D eigenvalue weighted by Gasteiger charge is -2.05. The van der Waals surface area contributed by atoms with E-state index in [-0.39, 0.29) is 10.8 Å². The van der Waals surface area contributed by atoms with Crippen LogP contribution in [0.4, 0.5) is 0 Å². The van der Waals surface area contributed by atoms with Crippen LogP contribution in [0.1, 0.15) is 13.3 Å². The minimum atomic E-state index is -0.233. The largest absolute Gasteiger partial charge is 0.464 e. The van der Waals surface area contributed by atoms with Crippen molar-refractivity contribution in [3.8, 4) is 0 Å². The van der Waals surface area contributed by atoms with Gasteiger partial charge in [0.15, 0.2) is 0 Å². The summed E-state index contributed by atoms with van der Waals surface area (Å²) in [7, 11) is 0. The molecule has 0 aromatic carbocycles. The number of hydrogen-bond acceptors (Lipinski definition) is 2. The number of esters is 1. The van der Waals surface area contributed by atoms with Crippen LogP contribution >= 0.6 is 27.5 Å². The summed E-state index contributed by atoms with van der Waals surface area (Å²) >= 11 is 8.46. The van der Waals surface area contributed by atoms with Crippen LogP contribution in [0.5, 0.6) is 0 Å². The highest BCUT2D eigenvalue weighted by Gasteiger charge is 2.12. The SMILES string of the molecule is CC[C@@H](Br)C(=O)OCCCl. The van der Waals surface area contributed by atoms with E-state index in [1.54, 1.807) is 0 Å². The monoisotopic (exact) mass is 228 g/mol. The molecule has 0 amide bonds. The van der Waals surface area contributed by atoms with E-state index in [0.717, 1.165) is 6.42 Å². The third-order valence-electron chi connectivity index (χ3n) is 0.936. The molecule has 0 aromatic rings. The van der Waals surface area contributed by atoms with Crippen molar-refractivity contribution in [3.63, 3.8) is 0 Å². The van der Waals surface area contributed by atoms with Gasteiger partial charge in [0.1, 0.15) is 11.4 Å².